The molecule has 0 spiro atoms. The normalized spacial score (nSPS) is 18.4. The van der Waals surface area contributed by atoms with Crippen molar-refractivity contribution in [2.75, 3.05) is 18.9 Å². The zero-order valence-corrected chi connectivity index (χ0v) is 18.2. The van der Waals surface area contributed by atoms with Gasteiger partial charge in [0.25, 0.3) is 5.91 Å². The van der Waals surface area contributed by atoms with Crippen molar-refractivity contribution in [1.29, 1.82) is 5.26 Å². The molecule has 2 aromatic heterocycles. The van der Waals surface area contributed by atoms with Crippen LogP contribution in [0.3, 0.4) is 0 Å². The van der Waals surface area contributed by atoms with E-state index in [1.165, 1.54) is 9.75 Å². The summed E-state index contributed by atoms with van der Waals surface area (Å²) in [4.78, 5) is 16.2. The van der Waals surface area contributed by atoms with Gasteiger partial charge in [-0.25, -0.2) is 0 Å². The van der Waals surface area contributed by atoms with Gasteiger partial charge in [0.2, 0.25) is 0 Å². The van der Waals surface area contributed by atoms with Gasteiger partial charge in [0.15, 0.2) is 6.54 Å². The van der Waals surface area contributed by atoms with Crippen LogP contribution in [-0.2, 0) is 23.3 Å². The number of carbonyl (C=O) groups excluding carboxylic acids is 1. The fourth-order valence-corrected chi connectivity index (χ4v) is 6.21. The third kappa shape index (κ3) is 4.41. The average molecular weight is 405 g/mol. The van der Waals surface area contributed by atoms with Crippen molar-refractivity contribution in [2.45, 2.75) is 51.7 Å². The predicted molar refractivity (Wildman–Crippen MR) is 110 cm³/mol. The summed E-state index contributed by atoms with van der Waals surface area (Å²) in [5, 5.41) is 17.9. The van der Waals surface area contributed by atoms with Crippen LogP contribution in [0.1, 0.15) is 48.6 Å². The van der Waals surface area contributed by atoms with E-state index < -0.39 is 0 Å². The minimum atomic E-state index is -0.0997. The van der Waals surface area contributed by atoms with Gasteiger partial charge in [-0.3, -0.25) is 4.79 Å². The van der Waals surface area contributed by atoms with E-state index in [0.717, 1.165) is 23.4 Å². The lowest BCUT2D eigenvalue weighted by Gasteiger charge is -2.38. The number of nitrogens with one attached hydrogen (secondary N) is 2. The van der Waals surface area contributed by atoms with Crippen LogP contribution >= 0.6 is 22.7 Å². The molecule has 1 amide bonds. The number of likely N-dealkylation sites (N-methyl/N-ethyl adjacent to an activating group) is 1. The molecule has 5 nitrogen and oxygen atoms in total. The third-order valence-corrected chi connectivity index (χ3v) is 7.22. The SMILES string of the molecule is C[NH+](CC(=O)Nc1sc2c(c1C#N)CC(C)(C)[NH2+]C2(C)C)Cc1cccs1. The van der Waals surface area contributed by atoms with E-state index in [1.807, 2.05) is 13.1 Å². The molecule has 3 rings (SSSR count). The molecule has 1 atom stereocenters. The van der Waals surface area contributed by atoms with Crippen molar-refractivity contribution in [3.8, 4) is 6.07 Å². The molecule has 0 bridgehead atoms. The number of anilines is 1. The van der Waals surface area contributed by atoms with Crippen molar-refractivity contribution >= 4 is 33.6 Å². The first-order chi connectivity index (χ1) is 12.6. The second kappa shape index (κ2) is 7.36. The first-order valence-corrected chi connectivity index (χ1v) is 10.9. The van der Waals surface area contributed by atoms with Gasteiger partial charge < -0.3 is 15.5 Å². The van der Waals surface area contributed by atoms with Crippen LogP contribution in [0.5, 0.6) is 0 Å². The summed E-state index contributed by atoms with van der Waals surface area (Å²) in [5.41, 5.74) is 1.69. The van der Waals surface area contributed by atoms with Crippen molar-refractivity contribution in [3.05, 3.63) is 38.4 Å². The van der Waals surface area contributed by atoms with Gasteiger partial charge >= 0.3 is 0 Å². The van der Waals surface area contributed by atoms with Crippen LogP contribution in [-0.4, -0.2) is 25.0 Å². The third-order valence-electron chi connectivity index (χ3n) is 4.86. The van der Waals surface area contributed by atoms with Crippen LogP contribution in [0, 0.1) is 11.3 Å². The molecule has 0 saturated carbocycles. The van der Waals surface area contributed by atoms with Crippen molar-refractivity contribution in [1.82, 2.24) is 0 Å². The van der Waals surface area contributed by atoms with Gasteiger partial charge in [-0.2, -0.15) is 5.26 Å². The Kier molecular flexibility index (Phi) is 5.46. The van der Waals surface area contributed by atoms with E-state index in [4.69, 9.17) is 0 Å². The van der Waals surface area contributed by atoms with Crippen molar-refractivity contribution in [2.24, 2.45) is 0 Å². The molecule has 3 heterocycles. The van der Waals surface area contributed by atoms with E-state index in [0.29, 0.717) is 17.1 Å². The van der Waals surface area contributed by atoms with E-state index in [-0.39, 0.29) is 17.0 Å². The summed E-state index contributed by atoms with van der Waals surface area (Å²) in [7, 11) is 2.02. The highest BCUT2D eigenvalue weighted by molar-refractivity contribution is 7.16. The molecule has 1 aliphatic rings. The molecule has 144 valence electrons. The van der Waals surface area contributed by atoms with E-state index >= 15 is 0 Å². The summed E-state index contributed by atoms with van der Waals surface area (Å²) in [5.74, 6) is -0.0415. The second-order valence-corrected chi connectivity index (χ2v) is 10.7. The second-order valence-electron chi connectivity index (χ2n) is 8.70. The van der Waals surface area contributed by atoms with Crippen LogP contribution in [0.25, 0.3) is 0 Å². The Labute approximate surface area is 169 Å². The molecule has 1 unspecified atom stereocenters. The summed E-state index contributed by atoms with van der Waals surface area (Å²) in [6.45, 7) is 10.00. The maximum absolute atomic E-state index is 12.6. The number of rotatable bonds is 5. The molecule has 0 fully saturated rings. The molecule has 4 N–H and O–H groups in total. The van der Waals surface area contributed by atoms with Crippen LogP contribution in [0.15, 0.2) is 17.5 Å². The van der Waals surface area contributed by atoms with Crippen LogP contribution in [0.4, 0.5) is 5.00 Å². The minimum Gasteiger partial charge on any atom is -0.333 e. The fourth-order valence-electron chi connectivity index (χ4n) is 4.13. The molecule has 0 aliphatic carbocycles. The summed E-state index contributed by atoms with van der Waals surface area (Å²) in [6, 6.07) is 6.47. The Bertz CT molecular complexity index is 875. The van der Waals surface area contributed by atoms with Gasteiger partial charge in [-0.1, -0.05) is 6.07 Å². The van der Waals surface area contributed by atoms with E-state index in [9.17, 15) is 10.1 Å². The van der Waals surface area contributed by atoms with Crippen molar-refractivity contribution < 1.29 is 15.0 Å². The van der Waals surface area contributed by atoms with Gasteiger partial charge in [0, 0.05) is 6.42 Å². The molecule has 1 aliphatic heterocycles. The summed E-state index contributed by atoms with van der Waals surface area (Å²) < 4.78 is 0. The first kappa shape index (κ1) is 20.0. The number of fused-ring (bicyclic) bond motifs is 1. The highest BCUT2D eigenvalue weighted by Crippen LogP contribution is 2.41. The van der Waals surface area contributed by atoms with Gasteiger partial charge in [-0.05, 0) is 44.7 Å². The highest BCUT2D eigenvalue weighted by Gasteiger charge is 2.44. The summed E-state index contributed by atoms with van der Waals surface area (Å²) >= 11 is 3.27. The molecule has 27 heavy (non-hydrogen) atoms. The molecule has 2 aromatic rings. The van der Waals surface area contributed by atoms with Gasteiger partial charge in [0.1, 0.15) is 23.2 Å². The average Bonchev–Trinajstić information content (AvgIpc) is 3.13. The molecule has 7 heteroatoms. The number of nitrogens with zero attached hydrogens (tertiary/aromatic N) is 1. The topological polar surface area (TPSA) is 73.9 Å². The number of thiophene rings is 2. The molecule has 0 saturated heterocycles. The molecular weight excluding hydrogens is 376 g/mol. The largest absolute Gasteiger partial charge is 0.333 e. The maximum Gasteiger partial charge on any atom is 0.280 e. The number of nitriles is 1. The Balaban J connectivity index is 1.77. The van der Waals surface area contributed by atoms with Gasteiger partial charge in [-0.15, -0.1) is 22.7 Å². The number of amides is 1. The lowest BCUT2D eigenvalue weighted by molar-refractivity contribution is -0.884. The van der Waals surface area contributed by atoms with E-state index in [1.54, 1.807) is 22.7 Å². The minimum absolute atomic E-state index is 0.0372. The monoisotopic (exact) mass is 404 g/mol. The number of quaternary nitrogens is 2. The van der Waals surface area contributed by atoms with Crippen LogP contribution < -0.4 is 15.5 Å². The Morgan fingerprint density at radius 1 is 1.41 bits per heavy atom. The number of carbonyl (C=O) groups is 1. The molecular formula is C20H28N4OS2+2. The van der Waals surface area contributed by atoms with Crippen LogP contribution in [0.2, 0.25) is 0 Å². The maximum atomic E-state index is 12.6. The first-order valence-electron chi connectivity index (χ1n) is 9.18. The van der Waals surface area contributed by atoms with E-state index in [2.05, 4.69) is 55.8 Å². The van der Waals surface area contributed by atoms with Gasteiger partial charge in [0.05, 0.1) is 27.9 Å². The fraction of sp³-hybridized carbons (Fsp3) is 0.500. The molecule has 0 radical (unpaired) electrons. The lowest BCUT2D eigenvalue weighted by atomic mass is 9.81. The van der Waals surface area contributed by atoms with Crippen molar-refractivity contribution in [3.63, 3.8) is 0 Å². The standard InChI is InChI=1S/C20H26N4OS2/c1-19(2)9-14-15(10-21)18(27-17(14)20(3,4)23-19)22-16(25)12-24(5)11-13-7-6-8-26-13/h6-8,23H,9,11-12H2,1-5H3,(H,22,25)/p+2. The number of hydrogen-bond acceptors (Lipinski definition) is 4. The number of hydrogen-bond donors (Lipinski definition) is 3. The smallest absolute Gasteiger partial charge is 0.280 e. The quantitative estimate of drug-likeness (QED) is 0.706. The zero-order valence-electron chi connectivity index (χ0n) is 16.6. The highest BCUT2D eigenvalue weighted by atomic mass is 32.1. The predicted octanol–water partition coefficient (Wildman–Crippen LogP) is 1.47. The lowest BCUT2D eigenvalue weighted by Crippen LogP contribution is -3.08. The summed E-state index contributed by atoms with van der Waals surface area (Å²) in [6.07, 6.45) is 0.838. The Morgan fingerprint density at radius 3 is 2.78 bits per heavy atom. The zero-order chi connectivity index (χ0) is 19.8. The Hall–Kier alpha value is -1.72. The Morgan fingerprint density at radius 2 is 2.15 bits per heavy atom. The number of nitrogens with two attached hydrogens (primary N) is 1. The molecule has 0 aromatic carbocycles.